The molecule has 3 aliphatic heterocycles. The van der Waals surface area contributed by atoms with Crippen LogP contribution in [-0.4, -0.2) is 70.8 Å². The highest BCUT2D eigenvalue weighted by atomic mass is 16.3. The molecule has 0 radical (unpaired) electrons. The summed E-state index contributed by atoms with van der Waals surface area (Å²) >= 11 is 0. The highest BCUT2D eigenvalue weighted by Crippen LogP contribution is 2.28. The number of amides is 3. The van der Waals surface area contributed by atoms with Gasteiger partial charge in [0.15, 0.2) is 5.69 Å². The number of carbonyl (C=O) groups excluding carboxylic acids is 2. The molecule has 1 aromatic heterocycles. The Morgan fingerprint density at radius 3 is 2.70 bits per heavy atom. The van der Waals surface area contributed by atoms with Crippen LogP contribution in [0.4, 0.5) is 10.5 Å². The SMILES string of the molecule is CCCNC(=O)Nc1ccc2[nH]nc(C(=O)N[C@H]3CN4CCC3CC4)c2c1.O=CO. The number of nitrogens with one attached hydrogen (secondary N) is 4. The molecule has 30 heavy (non-hydrogen) atoms. The Hall–Kier alpha value is -3.14. The van der Waals surface area contributed by atoms with Gasteiger partial charge in [-0.2, -0.15) is 5.10 Å². The van der Waals surface area contributed by atoms with Gasteiger partial charge >= 0.3 is 6.03 Å². The van der Waals surface area contributed by atoms with Crippen molar-refractivity contribution in [2.24, 2.45) is 5.92 Å². The summed E-state index contributed by atoms with van der Waals surface area (Å²) in [6, 6.07) is 5.34. The van der Waals surface area contributed by atoms with Gasteiger partial charge in [0.05, 0.1) is 5.52 Å². The summed E-state index contributed by atoms with van der Waals surface area (Å²) in [6.07, 6.45) is 3.17. The molecule has 3 amide bonds. The molecule has 4 heterocycles. The number of rotatable bonds is 5. The lowest BCUT2D eigenvalue weighted by Crippen LogP contribution is -2.57. The van der Waals surface area contributed by atoms with Crippen molar-refractivity contribution in [1.29, 1.82) is 0 Å². The summed E-state index contributed by atoms with van der Waals surface area (Å²) in [7, 11) is 0. The fraction of sp³-hybridized carbons (Fsp3) is 0.500. The Balaban J connectivity index is 0.000000806. The van der Waals surface area contributed by atoms with E-state index in [4.69, 9.17) is 9.90 Å². The quantitative estimate of drug-likeness (QED) is 0.469. The van der Waals surface area contributed by atoms with Crippen LogP contribution in [0.5, 0.6) is 0 Å². The van der Waals surface area contributed by atoms with Gasteiger partial charge in [-0.25, -0.2) is 4.79 Å². The van der Waals surface area contributed by atoms with E-state index in [2.05, 4.69) is 31.0 Å². The van der Waals surface area contributed by atoms with E-state index in [1.807, 2.05) is 13.0 Å². The van der Waals surface area contributed by atoms with Crippen LogP contribution in [0, 0.1) is 5.92 Å². The normalized spacial score (nSPS) is 22.0. The van der Waals surface area contributed by atoms with Crippen molar-refractivity contribution in [3.63, 3.8) is 0 Å². The first-order valence-electron chi connectivity index (χ1n) is 10.2. The average molecular weight is 416 g/mol. The Labute approximate surface area is 174 Å². The molecule has 0 spiro atoms. The third-order valence-corrected chi connectivity index (χ3v) is 5.54. The fourth-order valence-electron chi connectivity index (χ4n) is 4.04. The van der Waals surface area contributed by atoms with Crippen molar-refractivity contribution in [3.8, 4) is 0 Å². The highest BCUT2D eigenvalue weighted by Gasteiger charge is 2.35. The van der Waals surface area contributed by atoms with E-state index in [0.717, 1.165) is 44.4 Å². The van der Waals surface area contributed by atoms with E-state index in [-0.39, 0.29) is 24.5 Å². The van der Waals surface area contributed by atoms with E-state index in [1.165, 1.54) is 0 Å². The highest BCUT2D eigenvalue weighted by molar-refractivity contribution is 6.06. The summed E-state index contributed by atoms with van der Waals surface area (Å²) in [5, 5.41) is 23.5. The molecule has 5 rings (SSSR count). The van der Waals surface area contributed by atoms with Crippen molar-refractivity contribution in [2.45, 2.75) is 32.2 Å². The van der Waals surface area contributed by atoms with Gasteiger partial charge in [-0.1, -0.05) is 6.92 Å². The number of nitrogens with zero attached hydrogens (tertiary/aromatic N) is 2. The van der Waals surface area contributed by atoms with Gasteiger partial charge in [0.1, 0.15) is 0 Å². The predicted octanol–water partition coefficient (Wildman–Crippen LogP) is 1.62. The van der Waals surface area contributed by atoms with E-state index < -0.39 is 0 Å². The van der Waals surface area contributed by atoms with Crippen molar-refractivity contribution < 1.29 is 19.5 Å². The predicted molar refractivity (Wildman–Crippen MR) is 113 cm³/mol. The minimum atomic E-state index is -0.252. The third-order valence-electron chi connectivity index (χ3n) is 5.54. The van der Waals surface area contributed by atoms with Crippen molar-refractivity contribution in [2.75, 3.05) is 31.5 Å². The molecule has 2 aromatic rings. The van der Waals surface area contributed by atoms with Crippen LogP contribution < -0.4 is 16.0 Å². The molecular formula is C20H28N6O4. The molecule has 1 atom stereocenters. The maximum atomic E-state index is 12.8. The Bertz CT molecular complexity index is 891. The maximum absolute atomic E-state index is 12.8. The summed E-state index contributed by atoms with van der Waals surface area (Å²) < 4.78 is 0. The number of hydrogen-bond donors (Lipinski definition) is 5. The van der Waals surface area contributed by atoms with Crippen LogP contribution >= 0.6 is 0 Å². The molecule has 2 bridgehead atoms. The molecule has 10 heteroatoms. The van der Waals surface area contributed by atoms with Gasteiger partial charge in [0.25, 0.3) is 12.4 Å². The average Bonchev–Trinajstić information content (AvgIpc) is 3.17. The van der Waals surface area contributed by atoms with Gasteiger partial charge in [-0.05, 0) is 56.5 Å². The van der Waals surface area contributed by atoms with Crippen LogP contribution in [0.3, 0.4) is 0 Å². The summed E-state index contributed by atoms with van der Waals surface area (Å²) in [5.41, 5.74) is 1.78. The van der Waals surface area contributed by atoms with E-state index in [1.54, 1.807) is 12.1 Å². The van der Waals surface area contributed by atoms with E-state index in [0.29, 0.717) is 29.2 Å². The van der Waals surface area contributed by atoms with Crippen molar-refractivity contribution in [3.05, 3.63) is 23.9 Å². The zero-order valence-electron chi connectivity index (χ0n) is 17.0. The van der Waals surface area contributed by atoms with Crippen LogP contribution in [0.25, 0.3) is 10.9 Å². The Morgan fingerprint density at radius 1 is 1.33 bits per heavy atom. The molecule has 3 aliphatic rings. The molecule has 0 unspecified atom stereocenters. The number of H-pyrrole nitrogens is 1. The van der Waals surface area contributed by atoms with Crippen LogP contribution in [0.1, 0.15) is 36.7 Å². The van der Waals surface area contributed by atoms with Gasteiger partial charge < -0.3 is 26.0 Å². The molecule has 10 nitrogen and oxygen atoms in total. The lowest BCUT2D eigenvalue weighted by atomic mass is 9.84. The molecule has 162 valence electrons. The monoisotopic (exact) mass is 416 g/mol. The second-order valence-electron chi connectivity index (χ2n) is 7.54. The minimum absolute atomic E-state index is 0.160. The summed E-state index contributed by atoms with van der Waals surface area (Å²) in [6.45, 7) is 5.56. The molecule has 1 aromatic carbocycles. The molecular weight excluding hydrogens is 388 g/mol. The lowest BCUT2D eigenvalue weighted by molar-refractivity contribution is -0.122. The number of carboxylic acid groups (broad SMARTS) is 1. The number of urea groups is 1. The first kappa shape index (κ1) is 21.6. The summed E-state index contributed by atoms with van der Waals surface area (Å²) in [5.74, 6) is 0.399. The zero-order chi connectivity index (χ0) is 21.5. The second kappa shape index (κ2) is 10.1. The standard InChI is InChI=1S/C19H26N6O2.CH2O2/c1-2-7-20-19(27)21-13-3-4-15-14(10-13)17(24-23-15)18(26)22-16-11-25-8-5-12(16)6-9-25;2-1-3/h3-4,10,12,16H,2,5-9,11H2,1H3,(H,22,26)(H,23,24)(H2,20,21,27);1H,(H,2,3)/t16-;/m0./s1. The third kappa shape index (κ3) is 5.07. The number of benzene rings is 1. The second-order valence-corrected chi connectivity index (χ2v) is 7.54. The van der Waals surface area contributed by atoms with Gasteiger partial charge in [0.2, 0.25) is 0 Å². The number of piperidine rings is 3. The number of hydrogen-bond acceptors (Lipinski definition) is 5. The van der Waals surface area contributed by atoms with E-state index in [9.17, 15) is 9.59 Å². The van der Waals surface area contributed by atoms with Crippen LogP contribution in [-0.2, 0) is 4.79 Å². The minimum Gasteiger partial charge on any atom is -0.483 e. The Morgan fingerprint density at radius 2 is 2.07 bits per heavy atom. The molecule has 0 aliphatic carbocycles. The number of aromatic amines is 1. The number of anilines is 1. The van der Waals surface area contributed by atoms with E-state index >= 15 is 0 Å². The number of fused-ring (bicyclic) bond motifs is 4. The topological polar surface area (TPSA) is 139 Å². The smallest absolute Gasteiger partial charge is 0.319 e. The molecule has 0 saturated carbocycles. The van der Waals surface area contributed by atoms with Gasteiger partial charge in [0, 0.05) is 30.2 Å². The first-order chi connectivity index (χ1) is 14.5. The van der Waals surface area contributed by atoms with Gasteiger partial charge in [-0.3, -0.25) is 14.7 Å². The zero-order valence-corrected chi connectivity index (χ0v) is 17.0. The van der Waals surface area contributed by atoms with Crippen LogP contribution in [0.15, 0.2) is 18.2 Å². The fourth-order valence-corrected chi connectivity index (χ4v) is 4.04. The summed E-state index contributed by atoms with van der Waals surface area (Å²) in [4.78, 5) is 35.5. The van der Waals surface area contributed by atoms with Crippen molar-refractivity contribution >= 4 is 35.0 Å². The maximum Gasteiger partial charge on any atom is 0.319 e. The lowest BCUT2D eigenvalue weighted by Gasteiger charge is -2.44. The Kier molecular flexibility index (Phi) is 7.23. The molecule has 3 fully saturated rings. The van der Waals surface area contributed by atoms with Crippen LogP contribution in [0.2, 0.25) is 0 Å². The molecule has 5 N–H and O–H groups in total. The number of carbonyl (C=O) groups is 3. The van der Waals surface area contributed by atoms with Gasteiger partial charge in [-0.15, -0.1) is 0 Å². The first-order valence-corrected chi connectivity index (χ1v) is 10.2. The number of aromatic nitrogens is 2. The largest absolute Gasteiger partial charge is 0.483 e. The molecule has 3 saturated heterocycles. The van der Waals surface area contributed by atoms with Crippen molar-refractivity contribution in [1.82, 2.24) is 25.7 Å².